The number of fused-ring (bicyclic) bond motifs is 1. The molecule has 2 aliphatic rings. The molecular formula is C23H25F3N2O4S. The predicted molar refractivity (Wildman–Crippen MR) is 115 cm³/mol. The van der Waals surface area contributed by atoms with E-state index in [-0.39, 0.29) is 23.3 Å². The molecule has 4 rings (SSSR count). The molecule has 0 amide bonds. The van der Waals surface area contributed by atoms with Crippen molar-refractivity contribution in [1.82, 2.24) is 8.87 Å². The van der Waals surface area contributed by atoms with Gasteiger partial charge in [0.15, 0.2) is 5.78 Å². The maximum absolute atomic E-state index is 13.2. The molecule has 10 heteroatoms. The Morgan fingerprint density at radius 1 is 1.06 bits per heavy atom. The number of carbonyl (C=O) groups is 2. The van der Waals surface area contributed by atoms with Crippen LogP contribution in [0.2, 0.25) is 0 Å². The maximum atomic E-state index is 13.2. The molecule has 1 unspecified atom stereocenters. The summed E-state index contributed by atoms with van der Waals surface area (Å²) in [7, 11) is -3.70. The topological polar surface area (TPSA) is 76.5 Å². The van der Waals surface area contributed by atoms with Gasteiger partial charge in [-0.2, -0.15) is 17.5 Å². The van der Waals surface area contributed by atoms with Crippen LogP contribution in [0, 0.1) is 12.8 Å². The van der Waals surface area contributed by atoms with Crippen LogP contribution < -0.4 is 0 Å². The summed E-state index contributed by atoms with van der Waals surface area (Å²) in [6, 6.07) is 7.85. The third-order valence-electron chi connectivity index (χ3n) is 6.41. The number of halogens is 3. The van der Waals surface area contributed by atoms with E-state index in [1.54, 1.807) is 23.6 Å². The normalized spacial score (nSPS) is 20.4. The van der Waals surface area contributed by atoms with Crippen LogP contribution >= 0.6 is 0 Å². The fourth-order valence-corrected chi connectivity index (χ4v) is 6.33. The number of ketones is 2. The second-order valence-corrected chi connectivity index (χ2v) is 10.6. The summed E-state index contributed by atoms with van der Waals surface area (Å²) in [5.41, 5.74) is 1.67. The minimum Gasteiger partial charge on any atom is -0.317 e. The number of rotatable bonds is 4. The van der Waals surface area contributed by atoms with Gasteiger partial charge >= 0.3 is 6.18 Å². The smallest absolute Gasteiger partial charge is 0.317 e. The first kappa shape index (κ1) is 23.7. The fraction of sp³-hybridized carbons (Fsp3) is 0.478. The fourth-order valence-electron chi connectivity index (χ4n) is 4.77. The van der Waals surface area contributed by atoms with E-state index >= 15 is 0 Å². The van der Waals surface area contributed by atoms with Crippen molar-refractivity contribution in [3.8, 4) is 5.69 Å². The average Bonchev–Trinajstić information content (AvgIpc) is 2.92. The summed E-state index contributed by atoms with van der Waals surface area (Å²) in [6.45, 7) is 2.63. The van der Waals surface area contributed by atoms with E-state index < -0.39 is 33.7 Å². The highest BCUT2D eigenvalue weighted by Crippen LogP contribution is 2.35. The molecule has 1 aromatic heterocycles. The lowest BCUT2D eigenvalue weighted by atomic mass is 9.83. The van der Waals surface area contributed by atoms with Crippen molar-refractivity contribution in [1.29, 1.82) is 0 Å². The first-order chi connectivity index (χ1) is 15.5. The van der Waals surface area contributed by atoms with Gasteiger partial charge in [0.05, 0.1) is 10.8 Å². The Kier molecular flexibility index (Phi) is 6.26. The molecule has 2 aromatic rings. The van der Waals surface area contributed by atoms with Crippen LogP contribution in [0.5, 0.6) is 0 Å². The van der Waals surface area contributed by atoms with E-state index in [4.69, 9.17) is 0 Å². The number of nitrogens with zero attached hydrogens (tertiary/aromatic N) is 2. The van der Waals surface area contributed by atoms with Gasteiger partial charge in [-0.25, -0.2) is 8.42 Å². The first-order valence-electron chi connectivity index (χ1n) is 11.0. The Hall–Kier alpha value is -2.46. The van der Waals surface area contributed by atoms with E-state index in [0.717, 1.165) is 25.7 Å². The summed E-state index contributed by atoms with van der Waals surface area (Å²) in [6.07, 6.45) is -1.60. The molecule has 178 valence electrons. The van der Waals surface area contributed by atoms with Crippen molar-refractivity contribution in [2.24, 2.45) is 5.92 Å². The second-order valence-electron chi connectivity index (χ2n) is 8.61. The summed E-state index contributed by atoms with van der Waals surface area (Å²) in [4.78, 5) is 24.6. The maximum Gasteiger partial charge on any atom is 0.450 e. The molecule has 0 spiro atoms. The van der Waals surface area contributed by atoms with Crippen LogP contribution in [-0.4, -0.2) is 48.1 Å². The molecule has 0 bridgehead atoms. The van der Waals surface area contributed by atoms with E-state index in [2.05, 4.69) is 0 Å². The molecule has 6 nitrogen and oxygen atoms in total. The SMILES string of the molecule is Cc1cc2c(n1-c1cccc(S(=O)(=O)N3CCCCCC3)c1)CCC(C(=O)C(F)(F)F)C2=O. The summed E-state index contributed by atoms with van der Waals surface area (Å²) in [5, 5.41) is 0. The van der Waals surface area contributed by atoms with Crippen molar-refractivity contribution in [3.05, 3.63) is 47.3 Å². The highest BCUT2D eigenvalue weighted by atomic mass is 32.2. The average molecular weight is 483 g/mol. The molecule has 1 aliphatic heterocycles. The largest absolute Gasteiger partial charge is 0.450 e. The minimum atomic E-state index is -5.06. The number of alkyl halides is 3. The number of aryl methyl sites for hydroxylation is 1. The third-order valence-corrected chi connectivity index (χ3v) is 8.31. The van der Waals surface area contributed by atoms with Crippen molar-refractivity contribution in [2.45, 2.75) is 56.5 Å². The van der Waals surface area contributed by atoms with Gasteiger partial charge in [0.25, 0.3) is 0 Å². The molecule has 1 fully saturated rings. The Balaban J connectivity index is 1.70. The van der Waals surface area contributed by atoms with Crippen molar-refractivity contribution in [2.75, 3.05) is 13.1 Å². The molecule has 0 N–H and O–H groups in total. The zero-order valence-corrected chi connectivity index (χ0v) is 19.0. The lowest BCUT2D eigenvalue weighted by Crippen LogP contribution is -2.38. The van der Waals surface area contributed by atoms with Crippen LogP contribution in [-0.2, 0) is 21.2 Å². The molecular weight excluding hydrogens is 457 g/mol. The predicted octanol–water partition coefficient (Wildman–Crippen LogP) is 4.23. The standard InChI is InChI=1S/C23H25F3N2O4S/c1-15-13-19-20(10-9-18(21(19)29)22(30)23(24,25)26)28(15)16-7-6-8-17(14-16)33(31,32)27-11-4-2-3-5-12-27/h6-8,13-14,18H,2-5,9-12H2,1H3. The van der Waals surface area contributed by atoms with Gasteiger partial charge in [0.2, 0.25) is 15.8 Å². The lowest BCUT2D eigenvalue weighted by Gasteiger charge is -2.23. The van der Waals surface area contributed by atoms with Gasteiger partial charge in [-0.3, -0.25) is 9.59 Å². The zero-order chi connectivity index (χ0) is 24.0. The van der Waals surface area contributed by atoms with E-state index in [0.29, 0.717) is 30.2 Å². The summed E-state index contributed by atoms with van der Waals surface area (Å²) < 4.78 is 68.3. The highest BCUT2D eigenvalue weighted by molar-refractivity contribution is 7.89. The third kappa shape index (κ3) is 4.38. The van der Waals surface area contributed by atoms with Gasteiger partial charge in [-0.1, -0.05) is 18.9 Å². The lowest BCUT2D eigenvalue weighted by molar-refractivity contribution is -0.174. The summed E-state index contributed by atoms with van der Waals surface area (Å²) in [5.74, 6) is -4.59. The van der Waals surface area contributed by atoms with Crippen LogP contribution in [0.15, 0.2) is 35.2 Å². The van der Waals surface area contributed by atoms with E-state index in [1.165, 1.54) is 22.5 Å². The van der Waals surface area contributed by atoms with Crippen LogP contribution in [0.25, 0.3) is 5.69 Å². The molecule has 0 radical (unpaired) electrons. The molecule has 0 saturated carbocycles. The quantitative estimate of drug-likeness (QED) is 0.612. The number of hydrogen-bond donors (Lipinski definition) is 0. The molecule has 2 heterocycles. The minimum absolute atomic E-state index is 0.0853. The number of sulfonamides is 1. The zero-order valence-electron chi connectivity index (χ0n) is 18.2. The number of hydrogen-bond acceptors (Lipinski definition) is 4. The van der Waals surface area contributed by atoms with Gasteiger partial charge in [0.1, 0.15) is 0 Å². The van der Waals surface area contributed by atoms with E-state index in [9.17, 15) is 31.2 Å². The van der Waals surface area contributed by atoms with Gasteiger partial charge in [0, 0.05) is 35.7 Å². The van der Waals surface area contributed by atoms with Crippen LogP contribution in [0.4, 0.5) is 13.2 Å². The monoisotopic (exact) mass is 482 g/mol. The van der Waals surface area contributed by atoms with Crippen molar-refractivity contribution >= 4 is 21.6 Å². The van der Waals surface area contributed by atoms with Gasteiger partial charge in [-0.05, 0) is 56.9 Å². The number of carbonyl (C=O) groups excluding carboxylic acids is 2. The van der Waals surface area contributed by atoms with Crippen molar-refractivity contribution < 1.29 is 31.2 Å². The van der Waals surface area contributed by atoms with Crippen LogP contribution in [0.1, 0.15) is 53.8 Å². The molecule has 1 saturated heterocycles. The summed E-state index contributed by atoms with van der Waals surface area (Å²) >= 11 is 0. The number of aromatic nitrogens is 1. The second kappa shape index (κ2) is 8.72. The molecule has 1 aliphatic carbocycles. The van der Waals surface area contributed by atoms with Crippen LogP contribution in [0.3, 0.4) is 0 Å². The Morgan fingerprint density at radius 3 is 2.36 bits per heavy atom. The Morgan fingerprint density at radius 2 is 1.73 bits per heavy atom. The van der Waals surface area contributed by atoms with Gasteiger partial charge in [-0.15, -0.1) is 0 Å². The van der Waals surface area contributed by atoms with Crippen molar-refractivity contribution in [3.63, 3.8) is 0 Å². The molecule has 1 atom stereocenters. The van der Waals surface area contributed by atoms with Gasteiger partial charge < -0.3 is 4.57 Å². The highest BCUT2D eigenvalue weighted by Gasteiger charge is 2.48. The molecule has 1 aromatic carbocycles. The number of Topliss-reactive ketones (excluding diaryl/α,β-unsaturated/α-hetero) is 2. The van der Waals surface area contributed by atoms with E-state index in [1.807, 2.05) is 0 Å². The Bertz CT molecular complexity index is 1190. The number of benzene rings is 1. The first-order valence-corrected chi connectivity index (χ1v) is 12.4. The Labute approximate surface area is 190 Å². The molecule has 33 heavy (non-hydrogen) atoms.